The van der Waals surface area contributed by atoms with Gasteiger partial charge in [0.2, 0.25) is 5.88 Å². The lowest BCUT2D eigenvalue weighted by atomic mass is 10.00. The Morgan fingerprint density at radius 3 is 2.62 bits per heavy atom. The third-order valence-corrected chi connectivity index (χ3v) is 6.23. The summed E-state index contributed by atoms with van der Waals surface area (Å²) in [6.45, 7) is 8.50. The minimum Gasteiger partial charge on any atom is -0.465 e. The molecule has 2 aromatic heterocycles. The molecule has 1 saturated heterocycles. The van der Waals surface area contributed by atoms with E-state index in [1.54, 1.807) is 31.9 Å². The van der Waals surface area contributed by atoms with E-state index in [0.29, 0.717) is 6.08 Å². The van der Waals surface area contributed by atoms with E-state index >= 15 is 8.78 Å². The lowest BCUT2D eigenvalue weighted by Crippen LogP contribution is -2.63. The molecule has 184 valence electrons. The summed E-state index contributed by atoms with van der Waals surface area (Å²) < 4.78 is 56.3. The van der Waals surface area contributed by atoms with Crippen molar-refractivity contribution in [2.75, 3.05) is 30.8 Å². The second kappa shape index (κ2) is 8.63. The first-order chi connectivity index (χ1) is 15.9. The van der Waals surface area contributed by atoms with Gasteiger partial charge in [0.25, 0.3) is 0 Å². The Kier molecular flexibility index (Phi) is 6.26. The van der Waals surface area contributed by atoms with E-state index < -0.39 is 40.7 Å². The van der Waals surface area contributed by atoms with Gasteiger partial charge in [-0.1, -0.05) is 29.9 Å². The lowest BCUT2D eigenvalue weighted by Gasteiger charge is -2.44. The number of ether oxygens (including phenoxy) is 2. The number of fused-ring (bicyclic) bond motifs is 2. The molecule has 2 aliphatic rings. The van der Waals surface area contributed by atoms with Crippen LogP contribution in [0.5, 0.6) is 5.88 Å². The fourth-order valence-electron chi connectivity index (χ4n) is 3.94. The minimum absolute atomic E-state index is 0.0396. The van der Waals surface area contributed by atoms with Crippen LogP contribution in [0.1, 0.15) is 20.8 Å². The number of anilines is 1. The summed E-state index contributed by atoms with van der Waals surface area (Å²) >= 11 is 7.11. The van der Waals surface area contributed by atoms with Crippen LogP contribution in [-0.2, 0) is 4.74 Å². The van der Waals surface area contributed by atoms with Crippen molar-refractivity contribution in [1.82, 2.24) is 19.9 Å². The molecule has 0 spiro atoms. The molecule has 1 amide bonds. The van der Waals surface area contributed by atoms with Crippen molar-refractivity contribution in [2.45, 2.75) is 49.6 Å². The quantitative estimate of drug-likeness (QED) is 0.254. The number of carbonyl (C=O) groups is 1. The smallest absolute Gasteiger partial charge is 0.410 e. The Bertz CT molecular complexity index is 1160. The lowest BCUT2D eigenvalue weighted by molar-refractivity contribution is -0.0747. The van der Waals surface area contributed by atoms with E-state index in [1.165, 1.54) is 4.90 Å². The van der Waals surface area contributed by atoms with Gasteiger partial charge in [-0.3, -0.25) is 0 Å². The molecule has 0 unspecified atom stereocenters. The van der Waals surface area contributed by atoms with Crippen molar-refractivity contribution in [2.24, 2.45) is 0 Å². The summed E-state index contributed by atoms with van der Waals surface area (Å²) in [5.41, 5.74) is -0.945. The largest absolute Gasteiger partial charge is 0.465 e. The van der Waals surface area contributed by atoms with Gasteiger partial charge in [0.15, 0.2) is 22.2 Å². The van der Waals surface area contributed by atoms with E-state index in [2.05, 4.69) is 21.5 Å². The number of halogens is 4. The number of alkyl halides is 2. The second-order valence-corrected chi connectivity index (χ2v) is 10.0. The molecule has 0 saturated carbocycles. The Hall–Kier alpha value is -2.47. The van der Waals surface area contributed by atoms with Crippen LogP contribution in [0.15, 0.2) is 17.8 Å². The van der Waals surface area contributed by atoms with E-state index in [0.717, 1.165) is 11.8 Å². The van der Waals surface area contributed by atoms with Crippen molar-refractivity contribution < 1.29 is 27.4 Å². The van der Waals surface area contributed by atoms with Gasteiger partial charge in [0.05, 0.1) is 6.04 Å². The minimum atomic E-state index is -3.54. The summed E-state index contributed by atoms with van der Waals surface area (Å²) in [5, 5.41) is -0.301. The number of carbonyl (C=O) groups excluding carboxylic acids is 1. The zero-order valence-electron chi connectivity index (χ0n) is 18.9. The highest BCUT2D eigenvalue weighted by molar-refractivity contribution is 7.98. The van der Waals surface area contributed by atoms with Gasteiger partial charge < -0.3 is 19.3 Å². The van der Waals surface area contributed by atoms with Crippen LogP contribution in [0.4, 0.5) is 23.8 Å². The van der Waals surface area contributed by atoms with Crippen LogP contribution >= 0.6 is 23.4 Å². The van der Waals surface area contributed by atoms with Gasteiger partial charge in [-0.15, -0.1) is 0 Å². The first kappa shape index (κ1) is 24.6. The fourth-order valence-corrected chi connectivity index (χ4v) is 4.46. The van der Waals surface area contributed by atoms with Crippen molar-refractivity contribution in [3.63, 3.8) is 0 Å². The summed E-state index contributed by atoms with van der Waals surface area (Å²) in [5.74, 6) is -4.56. The maximum absolute atomic E-state index is 15.1. The average Bonchev–Trinajstić information content (AvgIpc) is 2.91. The van der Waals surface area contributed by atoms with Crippen LogP contribution < -0.4 is 9.64 Å². The second-order valence-electron chi connectivity index (χ2n) is 8.88. The predicted molar refractivity (Wildman–Crippen MR) is 123 cm³/mol. The predicted octanol–water partition coefficient (Wildman–Crippen LogP) is 4.55. The van der Waals surface area contributed by atoms with Crippen molar-refractivity contribution >= 4 is 46.2 Å². The molecule has 13 heteroatoms. The molecule has 0 aromatic carbocycles. The highest BCUT2D eigenvalue weighted by atomic mass is 35.5. The molecule has 0 aliphatic carbocycles. The molecule has 0 bridgehead atoms. The van der Waals surface area contributed by atoms with E-state index in [4.69, 9.17) is 21.1 Å². The fraction of sp³-hybridized carbons (Fsp3) is 0.524. The monoisotopic (exact) mass is 517 g/mol. The van der Waals surface area contributed by atoms with Crippen molar-refractivity contribution in [3.05, 3.63) is 23.6 Å². The third-order valence-electron chi connectivity index (χ3n) is 5.44. The standard InChI is InChI=1S/C21H23ClF3N5O3S/c1-6-21(24,25)14-10-9-29(19(31)33-20(2,3)4)7-8-30(10)16-11-13(26-18(28-16)34-5)12(23)15(22)27-17(11)32-14/h6,10,14H,1,7-9H2,2-5H3/t10-,14+/m0/s1. The van der Waals surface area contributed by atoms with Crippen LogP contribution in [-0.4, -0.2) is 75.5 Å². The summed E-state index contributed by atoms with van der Waals surface area (Å²) in [7, 11) is 0. The number of pyridine rings is 1. The molecule has 2 aromatic rings. The Morgan fingerprint density at radius 2 is 2.00 bits per heavy atom. The van der Waals surface area contributed by atoms with E-state index in [1.807, 2.05) is 0 Å². The molecule has 2 atom stereocenters. The molecule has 1 fully saturated rings. The molecular weight excluding hydrogens is 495 g/mol. The molecule has 4 rings (SSSR count). The Labute approximate surface area is 203 Å². The summed E-state index contributed by atoms with van der Waals surface area (Å²) in [6, 6.07) is -1.09. The SMILES string of the molecule is C=CC(F)(F)[C@@H]1Oc2nc(Cl)c(F)c3nc(SC)nc(c23)N2CCN(C(=O)OC(C)(C)C)C[C@@H]12. The number of hydrogen-bond donors (Lipinski definition) is 0. The Morgan fingerprint density at radius 1 is 1.29 bits per heavy atom. The molecule has 0 N–H and O–H groups in total. The topological polar surface area (TPSA) is 80.7 Å². The van der Waals surface area contributed by atoms with Gasteiger partial charge in [-0.25, -0.2) is 19.2 Å². The van der Waals surface area contributed by atoms with E-state index in [-0.39, 0.29) is 47.4 Å². The van der Waals surface area contributed by atoms with E-state index in [9.17, 15) is 9.18 Å². The maximum atomic E-state index is 15.1. The number of hydrogen-bond acceptors (Lipinski definition) is 8. The molecular formula is C21H23ClF3N5O3S. The van der Waals surface area contributed by atoms with Crippen LogP contribution in [0, 0.1) is 5.82 Å². The van der Waals surface area contributed by atoms with Crippen LogP contribution in [0.25, 0.3) is 10.9 Å². The number of amides is 1. The molecule has 8 nitrogen and oxygen atoms in total. The number of piperazine rings is 1. The average molecular weight is 518 g/mol. The Balaban J connectivity index is 1.88. The molecule has 0 radical (unpaired) electrons. The maximum Gasteiger partial charge on any atom is 0.410 e. The zero-order chi connectivity index (χ0) is 25.0. The highest BCUT2D eigenvalue weighted by Crippen LogP contribution is 2.43. The molecule has 34 heavy (non-hydrogen) atoms. The van der Waals surface area contributed by atoms with Gasteiger partial charge >= 0.3 is 12.0 Å². The van der Waals surface area contributed by atoms with Gasteiger partial charge in [-0.05, 0) is 33.1 Å². The van der Waals surface area contributed by atoms with Gasteiger partial charge in [-0.2, -0.15) is 13.8 Å². The highest BCUT2D eigenvalue weighted by Gasteiger charge is 2.52. The number of nitrogens with zero attached hydrogens (tertiary/aromatic N) is 5. The first-order valence-corrected chi connectivity index (χ1v) is 12.0. The van der Waals surface area contributed by atoms with Gasteiger partial charge in [0.1, 0.15) is 22.3 Å². The normalized spacial score (nSPS) is 20.5. The number of rotatable bonds is 3. The molecule has 2 aliphatic heterocycles. The third kappa shape index (κ3) is 4.33. The van der Waals surface area contributed by atoms with Gasteiger partial charge in [0, 0.05) is 19.6 Å². The van der Waals surface area contributed by atoms with Crippen LogP contribution in [0.2, 0.25) is 5.15 Å². The first-order valence-electron chi connectivity index (χ1n) is 10.4. The van der Waals surface area contributed by atoms with Crippen molar-refractivity contribution in [1.29, 1.82) is 0 Å². The molecule has 4 heterocycles. The summed E-state index contributed by atoms with van der Waals surface area (Å²) in [4.78, 5) is 28.2. The zero-order valence-corrected chi connectivity index (χ0v) is 20.5. The number of aromatic nitrogens is 3. The number of thioether (sulfide) groups is 1. The van der Waals surface area contributed by atoms with Crippen molar-refractivity contribution in [3.8, 4) is 5.88 Å². The summed E-state index contributed by atoms with van der Waals surface area (Å²) in [6.07, 6.45) is -0.298. The van der Waals surface area contributed by atoms with Crippen LogP contribution in [0.3, 0.4) is 0 Å².